The zero-order valence-electron chi connectivity index (χ0n) is 21.3. The topological polar surface area (TPSA) is 124 Å². The van der Waals surface area contributed by atoms with Crippen LogP contribution in [0.2, 0.25) is 0 Å². The van der Waals surface area contributed by atoms with Crippen LogP contribution in [0.25, 0.3) is 16.7 Å². The third-order valence-electron chi connectivity index (χ3n) is 6.62. The Morgan fingerprint density at radius 1 is 1.15 bits per heavy atom. The van der Waals surface area contributed by atoms with Crippen molar-refractivity contribution in [3.63, 3.8) is 0 Å². The van der Waals surface area contributed by atoms with E-state index in [1.165, 1.54) is 28.3 Å². The fourth-order valence-corrected chi connectivity index (χ4v) is 6.37. The van der Waals surface area contributed by atoms with Gasteiger partial charge in [-0.2, -0.15) is 0 Å². The fourth-order valence-electron chi connectivity index (χ4n) is 4.65. The second-order valence-electron chi connectivity index (χ2n) is 9.67. The summed E-state index contributed by atoms with van der Waals surface area (Å²) in [7, 11) is -2.16. The van der Waals surface area contributed by atoms with Crippen LogP contribution in [-0.2, 0) is 17.1 Å². The average Bonchev–Trinajstić information content (AvgIpc) is 3.69. The summed E-state index contributed by atoms with van der Waals surface area (Å²) in [4.78, 5) is 40.7. The summed E-state index contributed by atoms with van der Waals surface area (Å²) in [5, 5.41) is 2.97. The molecule has 3 aromatic rings. The van der Waals surface area contributed by atoms with Gasteiger partial charge in [0.1, 0.15) is 16.9 Å². The molecule has 0 saturated heterocycles. The summed E-state index contributed by atoms with van der Waals surface area (Å²) < 4.78 is 45.7. The molecule has 1 aromatic carbocycles. The van der Waals surface area contributed by atoms with Gasteiger partial charge in [-0.3, -0.25) is 23.4 Å². The van der Waals surface area contributed by atoms with E-state index in [2.05, 4.69) is 32.6 Å². The molecule has 2 aromatic heterocycles. The number of hydrogen-bond acceptors (Lipinski definition) is 6. The molecule has 1 unspecified atom stereocenters. The van der Waals surface area contributed by atoms with Crippen LogP contribution in [0.1, 0.15) is 38.6 Å². The van der Waals surface area contributed by atoms with E-state index in [0.717, 1.165) is 4.57 Å². The number of alkyl halides is 1. The third-order valence-corrected chi connectivity index (χ3v) is 8.97. The predicted molar refractivity (Wildman–Crippen MR) is 158 cm³/mol. The van der Waals surface area contributed by atoms with Crippen LogP contribution < -0.4 is 26.8 Å². The van der Waals surface area contributed by atoms with Gasteiger partial charge in [-0.1, -0.05) is 41.7 Å². The Bertz CT molecular complexity index is 1840. The van der Waals surface area contributed by atoms with Crippen molar-refractivity contribution in [2.45, 2.75) is 42.6 Å². The number of nitrogens with one attached hydrogen (secondary N) is 2. The van der Waals surface area contributed by atoms with Crippen molar-refractivity contribution >= 4 is 55.0 Å². The molecule has 13 heteroatoms. The van der Waals surface area contributed by atoms with Gasteiger partial charge < -0.3 is 5.32 Å². The number of nitrogens with zero attached hydrogens (tertiary/aromatic N) is 3. The minimum atomic E-state index is -3.61. The monoisotopic (exact) mass is 667 g/mol. The van der Waals surface area contributed by atoms with Crippen LogP contribution in [0, 0.1) is 0 Å². The molecule has 5 rings (SSSR count). The summed E-state index contributed by atoms with van der Waals surface area (Å²) in [6.45, 7) is 1.75. The third kappa shape index (κ3) is 5.33. The Balaban J connectivity index is 1.79. The normalized spacial score (nSPS) is 17.6. The van der Waals surface area contributed by atoms with E-state index < -0.39 is 32.7 Å². The lowest BCUT2D eigenvalue weighted by Gasteiger charge is -2.20. The van der Waals surface area contributed by atoms with E-state index in [-0.39, 0.29) is 55.9 Å². The highest BCUT2D eigenvalue weighted by molar-refractivity contribution is 14.1. The van der Waals surface area contributed by atoms with Crippen molar-refractivity contribution < 1.29 is 12.8 Å². The van der Waals surface area contributed by atoms with Crippen molar-refractivity contribution in [1.29, 1.82) is 0 Å². The molecule has 0 bridgehead atoms. The molecule has 1 saturated carbocycles. The fraction of sp³-hybridized carbons (Fsp3) is 0.346. The van der Waals surface area contributed by atoms with Crippen LogP contribution in [0.3, 0.4) is 0 Å². The number of sulfonamides is 1. The standard InChI is InChI=1S/C26H27FIN5O5S/c1-3-11-39(37,38)30-16-5-4-6-18(13-16)32-24-23(25(35)33(26(32)36)17-8-9-17)21(14-22(34)31(24)2)29-20-10-7-15(28)12-19(20)27/h4-7,10,13-15,17,29-30H,3,8-9,11-12H2,1-2H3. The van der Waals surface area contributed by atoms with Crippen LogP contribution >= 0.6 is 22.6 Å². The molecule has 1 fully saturated rings. The highest BCUT2D eigenvalue weighted by Crippen LogP contribution is 2.34. The number of fused-ring (bicyclic) bond motifs is 1. The second-order valence-corrected chi connectivity index (χ2v) is 13.1. The van der Waals surface area contributed by atoms with Gasteiger partial charge in [-0.25, -0.2) is 22.2 Å². The van der Waals surface area contributed by atoms with E-state index in [0.29, 0.717) is 19.3 Å². The second kappa shape index (κ2) is 10.4. The van der Waals surface area contributed by atoms with Crippen molar-refractivity contribution in [2.75, 3.05) is 15.8 Å². The number of rotatable bonds is 8. The van der Waals surface area contributed by atoms with Gasteiger partial charge in [-0.15, -0.1) is 0 Å². The molecule has 0 amide bonds. The van der Waals surface area contributed by atoms with Crippen molar-refractivity contribution in [3.05, 3.63) is 85.2 Å². The van der Waals surface area contributed by atoms with E-state index in [4.69, 9.17) is 0 Å². The Labute approximate surface area is 237 Å². The van der Waals surface area contributed by atoms with E-state index in [9.17, 15) is 27.2 Å². The molecule has 2 aliphatic rings. The Morgan fingerprint density at radius 2 is 1.90 bits per heavy atom. The number of benzene rings is 1. The molecule has 39 heavy (non-hydrogen) atoms. The van der Waals surface area contributed by atoms with Gasteiger partial charge in [-0.05, 0) is 43.5 Å². The van der Waals surface area contributed by atoms with Gasteiger partial charge >= 0.3 is 5.69 Å². The van der Waals surface area contributed by atoms with Crippen molar-refractivity contribution in [3.8, 4) is 5.69 Å². The molecule has 2 N–H and O–H groups in total. The van der Waals surface area contributed by atoms with Gasteiger partial charge in [0.05, 0.1) is 28.5 Å². The first kappa shape index (κ1) is 27.4. The maximum absolute atomic E-state index is 14.8. The molecule has 2 aliphatic carbocycles. The van der Waals surface area contributed by atoms with Gasteiger partial charge in [0.15, 0.2) is 0 Å². The Hall–Kier alpha value is -3.20. The molecule has 206 valence electrons. The van der Waals surface area contributed by atoms with Crippen LogP contribution in [-0.4, -0.2) is 31.8 Å². The number of aromatic nitrogens is 3. The molecule has 1 atom stereocenters. The average molecular weight is 668 g/mol. The largest absolute Gasteiger partial charge is 0.352 e. The minimum absolute atomic E-state index is 0.0121. The van der Waals surface area contributed by atoms with Gasteiger partial charge in [0.25, 0.3) is 11.1 Å². The highest BCUT2D eigenvalue weighted by atomic mass is 127. The summed E-state index contributed by atoms with van der Waals surface area (Å²) in [5.41, 5.74) is -1.02. The first-order chi connectivity index (χ1) is 18.5. The first-order valence-electron chi connectivity index (χ1n) is 12.5. The highest BCUT2D eigenvalue weighted by Gasteiger charge is 2.31. The Kier molecular flexibility index (Phi) is 7.31. The van der Waals surface area contributed by atoms with E-state index in [1.54, 1.807) is 31.2 Å². The smallest absolute Gasteiger partial charge is 0.337 e. The zero-order chi connectivity index (χ0) is 28.1. The summed E-state index contributed by atoms with van der Waals surface area (Å²) >= 11 is 2.11. The number of pyridine rings is 1. The first-order valence-corrected chi connectivity index (χ1v) is 15.4. The lowest BCUT2D eigenvalue weighted by molar-refractivity contribution is 0.585. The SMILES string of the molecule is CCCS(=O)(=O)Nc1cccc(-n2c(=O)n(C3CC3)c(=O)c3c(NC4=C(F)CC(I)C=C4)cc(=O)n(C)c32)c1. The number of halogens is 2. The number of aryl methyl sites for hydroxylation is 1. The van der Waals surface area contributed by atoms with E-state index >= 15 is 0 Å². The lowest BCUT2D eigenvalue weighted by atomic mass is 10.1. The predicted octanol–water partition coefficient (Wildman–Crippen LogP) is 3.69. The number of allylic oxidation sites excluding steroid dienone is 3. The molecular weight excluding hydrogens is 640 g/mol. The molecule has 0 radical (unpaired) electrons. The maximum Gasteiger partial charge on any atom is 0.337 e. The molecule has 10 nitrogen and oxygen atoms in total. The lowest BCUT2D eigenvalue weighted by Crippen LogP contribution is -2.41. The van der Waals surface area contributed by atoms with Crippen LogP contribution in [0.5, 0.6) is 0 Å². The molecule has 0 aliphatic heterocycles. The number of anilines is 2. The van der Waals surface area contributed by atoms with E-state index in [1.807, 2.05) is 6.08 Å². The van der Waals surface area contributed by atoms with Crippen LogP contribution in [0.15, 0.2) is 68.4 Å². The van der Waals surface area contributed by atoms with Gasteiger partial charge in [0.2, 0.25) is 10.0 Å². The zero-order valence-corrected chi connectivity index (χ0v) is 24.3. The maximum atomic E-state index is 14.8. The van der Waals surface area contributed by atoms with Crippen LogP contribution in [0.4, 0.5) is 15.8 Å². The molecule has 2 heterocycles. The minimum Gasteiger partial charge on any atom is -0.352 e. The van der Waals surface area contributed by atoms with Crippen molar-refractivity contribution in [1.82, 2.24) is 13.7 Å². The van der Waals surface area contributed by atoms with Gasteiger partial charge in [0, 0.05) is 29.5 Å². The van der Waals surface area contributed by atoms with Crippen molar-refractivity contribution in [2.24, 2.45) is 7.05 Å². The summed E-state index contributed by atoms with van der Waals surface area (Å²) in [6, 6.07) is 7.12. The summed E-state index contributed by atoms with van der Waals surface area (Å²) in [6.07, 6.45) is 5.27. The molecular formula is C26H27FIN5O5S. The Morgan fingerprint density at radius 3 is 2.56 bits per heavy atom. The quantitative estimate of drug-likeness (QED) is 0.279. The molecule has 0 spiro atoms. The summed E-state index contributed by atoms with van der Waals surface area (Å²) in [5.74, 6) is -0.483. The number of hydrogen-bond donors (Lipinski definition) is 2.